The van der Waals surface area contributed by atoms with Gasteiger partial charge in [-0.3, -0.25) is 14.4 Å². The number of methoxy groups -OCH3 is 1. The number of ketones is 2. The number of aliphatic hydroxyl groups is 1. The van der Waals surface area contributed by atoms with E-state index in [0.29, 0.717) is 38.2 Å². The van der Waals surface area contributed by atoms with Gasteiger partial charge in [0.15, 0.2) is 23.5 Å². The first-order chi connectivity index (χ1) is 27.4. The molecule has 1 N–H and O–H groups in total. The minimum Gasteiger partial charge on any atom is -0.458 e. The van der Waals surface area contributed by atoms with Gasteiger partial charge in [0.05, 0.1) is 30.2 Å². The quantitative estimate of drug-likeness (QED) is 0.186. The second-order valence-electron chi connectivity index (χ2n) is 16.9. The molecule has 1 amide bonds. The van der Waals surface area contributed by atoms with E-state index in [0.717, 1.165) is 0 Å². The molecule has 0 saturated carbocycles. The molecule has 2 aromatic rings. The lowest BCUT2D eigenvalue weighted by Gasteiger charge is -2.47. The van der Waals surface area contributed by atoms with Gasteiger partial charge in [-0.15, -0.1) is 5.10 Å². The van der Waals surface area contributed by atoms with Crippen molar-refractivity contribution in [3.05, 3.63) is 18.9 Å². The number of aryl methyl sites for hydroxylation is 1. The molecule has 5 heterocycles. The van der Waals surface area contributed by atoms with Crippen molar-refractivity contribution < 1.29 is 48.0 Å². The van der Waals surface area contributed by atoms with E-state index < -0.39 is 83.4 Å². The Hall–Kier alpha value is -3.84. The van der Waals surface area contributed by atoms with Crippen molar-refractivity contribution in [3.8, 4) is 5.82 Å². The Balaban J connectivity index is 1.44. The van der Waals surface area contributed by atoms with Crippen molar-refractivity contribution in [2.45, 2.75) is 155 Å². The molecule has 3 fully saturated rings. The lowest BCUT2D eigenvalue weighted by Crippen LogP contribution is -2.60. The van der Waals surface area contributed by atoms with Crippen LogP contribution in [-0.4, -0.2) is 150 Å². The predicted molar refractivity (Wildman–Crippen MR) is 208 cm³/mol. The van der Waals surface area contributed by atoms with Crippen LogP contribution in [0.4, 0.5) is 4.79 Å². The van der Waals surface area contributed by atoms with Crippen LogP contribution in [0.25, 0.3) is 5.82 Å². The lowest BCUT2D eigenvalue weighted by atomic mass is 9.73. The number of imidazole rings is 1. The Morgan fingerprint density at radius 2 is 1.71 bits per heavy atom. The highest BCUT2D eigenvalue weighted by Crippen LogP contribution is 2.43. The van der Waals surface area contributed by atoms with Crippen LogP contribution in [0.5, 0.6) is 0 Å². The molecule has 18 heteroatoms. The summed E-state index contributed by atoms with van der Waals surface area (Å²) in [5.41, 5.74) is -2.69. The van der Waals surface area contributed by atoms with Crippen LogP contribution in [0.3, 0.4) is 0 Å². The van der Waals surface area contributed by atoms with Gasteiger partial charge in [0.1, 0.15) is 30.2 Å². The Morgan fingerprint density at radius 3 is 2.34 bits per heavy atom. The Kier molecular flexibility index (Phi) is 14.5. The number of rotatable bonds is 12. The summed E-state index contributed by atoms with van der Waals surface area (Å²) in [7, 11) is 3.42. The van der Waals surface area contributed by atoms with E-state index in [2.05, 4.69) is 20.5 Å². The minimum absolute atomic E-state index is 0.122. The molecule has 0 bridgehead atoms. The third-order valence-corrected chi connectivity index (χ3v) is 12.8. The van der Waals surface area contributed by atoms with E-state index in [9.17, 15) is 24.3 Å². The molecule has 58 heavy (non-hydrogen) atoms. The predicted octanol–water partition coefficient (Wildman–Crippen LogP) is 3.23. The number of tetrazole rings is 1. The number of hydrogen-bond acceptors (Lipinski definition) is 15. The van der Waals surface area contributed by atoms with Crippen LogP contribution in [0.15, 0.2) is 18.9 Å². The van der Waals surface area contributed by atoms with Gasteiger partial charge in [-0.1, -0.05) is 34.6 Å². The smallest absolute Gasteiger partial charge is 0.410 e. The largest absolute Gasteiger partial charge is 0.458 e. The summed E-state index contributed by atoms with van der Waals surface area (Å²) in [6.45, 7) is 17.5. The summed E-state index contributed by atoms with van der Waals surface area (Å²) in [5.74, 6) is -4.44. The third-order valence-electron chi connectivity index (χ3n) is 12.8. The van der Waals surface area contributed by atoms with Gasteiger partial charge in [0.25, 0.3) is 0 Å². The van der Waals surface area contributed by atoms with E-state index >= 15 is 0 Å². The van der Waals surface area contributed by atoms with Crippen molar-refractivity contribution >= 4 is 23.6 Å². The number of Topliss-reactive ketones (excluding diaryl/α,β-unsaturated/α-hetero) is 2. The molecule has 13 atom stereocenters. The average molecular weight is 817 g/mol. The molecule has 3 saturated heterocycles. The number of cyclic esters (lactones) is 1. The topological polar surface area (TPSA) is 203 Å². The van der Waals surface area contributed by atoms with E-state index in [1.54, 1.807) is 45.8 Å². The molecule has 18 nitrogen and oxygen atoms in total. The number of ether oxygens (including phenoxy) is 5. The second kappa shape index (κ2) is 18.6. The van der Waals surface area contributed by atoms with Gasteiger partial charge >= 0.3 is 12.1 Å². The number of esters is 1. The number of carbonyl (C=O) groups is 4. The number of unbranched alkanes of at least 4 members (excludes halogenated alkanes) is 1. The maximum Gasteiger partial charge on any atom is 0.410 e. The average Bonchev–Trinajstić information content (AvgIpc) is 3.96. The monoisotopic (exact) mass is 816 g/mol. The molecule has 324 valence electrons. The molecule has 0 radical (unpaired) electrons. The molecular formula is C40H64N8O10. The number of likely N-dealkylation sites (N-methyl/N-ethyl adjacent to an activating group) is 1. The van der Waals surface area contributed by atoms with Crippen molar-refractivity contribution in [2.24, 2.45) is 23.7 Å². The zero-order valence-corrected chi connectivity index (χ0v) is 35.9. The van der Waals surface area contributed by atoms with Crippen molar-refractivity contribution in [1.82, 2.24) is 39.6 Å². The lowest BCUT2D eigenvalue weighted by molar-refractivity contribution is -0.296. The number of aliphatic hydroxyl groups excluding tert-OH is 1. The van der Waals surface area contributed by atoms with Crippen LogP contribution in [0, 0.1) is 23.7 Å². The zero-order chi connectivity index (χ0) is 42.7. The summed E-state index contributed by atoms with van der Waals surface area (Å²) in [4.78, 5) is 64.8. The fraction of sp³-hybridized carbons (Fsp3) is 0.800. The number of aromatic nitrogens is 6. The van der Waals surface area contributed by atoms with Crippen LogP contribution >= 0.6 is 0 Å². The summed E-state index contributed by atoms with van der Waals surface area (Å²) in [6.07, 6.45) is 2.09. The van der Waals surface area contributed by atoms with Crippen molar-refractivity contribution in [3.63, 3.8) is 0 Å². The van der Waals surface area contributed by atoms with E-state index in [4.69, 9.17) is 23.7 Å². The fourth-order valence-electron chi connectivity index (χ4n) is 9.30. The molecule has 3 aliphatic heterocycles. The first-order valence-corrected chi connectivity index (χ1v) is 20.7. The normalized spacial score (nSPS) is 36.8. The SMILES string of the molecule is CC[C@H]1OC(=O)[C@H](C)C(=O)[C@H](C)[C@@H](O[C@@H]2O[C@H](C)C[C@H](N(C)CC)[C@H]2O)[C@](C)(OC)C[C@@H](C)C(=O)[C@H](C)[C@@H]2N(CCCCn3cnc(-n4cnnn4)c3)C(=O)O[C@@]21C. The van der Waals surface area contributed by atoms with Gasteiger partial charge in [0, 0.05) is 50.2 Å². The summed E-state index contributed by atoms with van der Waals surface area (Å²) in [5, 5.41) is 22.7. The number of fused-ring (bicyclic) bond motifs is 1. The number of nitrogens with zero attached hydrogens (tertiary/aromatic N) is 8. The van der Waals surface area contributed by atoms with Crippen LogP contribution < -0.4 is 0 Å². The molecule has 2 aromatic heterocycles. The number of amides is 1. The van der Waals surface area contributed by atoms with Gasteiger partial charge in [-0.2, -0.15) is 4.68 Å². The Morgan fingerprint density at radius 1 is 1.00 bits per heavy atom. The number of carbonyl (C=O) groups excluding carboxylic acids is 4. The Bertz CT molecular complexity index is 1730. The van der Waals surface area contributed by atoms with Gasteiger partial charge in [0.2, 0.25) is 0 Å². The second-order valence-corrected chi connectivity index (χ2v) is 16.9. The number of hydrogen-bond donors (Lipinski definition) is 1. The third kappa shape index (κ3) is 9.15. The zero-order valence-electron chi connectivity index (χ0n) is 35.9. The van der Waals surface area contributed by atoms with E-state index in [1.807, 2.05) is 43.5 Å². The summed E-state index contributed by atoms with van der Waals surface area (Å²) in [6, 6.07) is -1.07. The van der Waals surface area contributed by atoms with Crippen molar-refractivity contribution in [1.29, 1.82) is 0 Å². The molecule has 0 aromatic carbocycles. The van der Waals surface area contributed by atoms with Crippen LogP contribution in [0.1, 0.15) is 94.4 Å². The van der Waals surface area contributed by atoms with Gasteiger partial charge in [-0.25, -0.2) is 9.78 Å². The molecule has 0 unspecified atom stereocenters. The standard InChI is InChI=1S/C40H64N8O10/c1-12-29-40(9)34(47(38(53)58-40)17-15-14-16-46-20-30(41-21-46)48-22-42-43-44-48)25(5)31(49)23(3)19-39(8,54-11)35(26(6)32(50)27(7)36(52)56-29)57-37-33(51)28(45(10)13-2)18-24(4)55-37/h20-29,33-35,37,51H,12-19H2,1-11H3/t23-,24-,25+,26+,27-,28+,29-,33-,34+,35-,37+,39-,40-/m1/s1. The summed E-state index contributed by atoms with van der Waals surface area (Å²) < 4.78 is 34.6. The minimum atomic E-state index is -1.41. The van der Waals surface area contributed by atoms with E-state index in [1.165, 1.54) is 25.0 Å². The highest BCUT2D eigenvalue weighted by molar-refractivity contribution is 6.00. The molecule has 0 aliphatic carbocycles. The first-order valence-electron chi connectivity index (χ1n) is 20.7. The highest BCUT2D eigenvalue weighted by Gasteiger charge is 2.60. The molecular weight excluding hydrogens is 752 g/mol. The molecule has 5 rings (SSSR count). The first kappa shape index (κ1) is 45.2. The fourth-order valence-corrected chi connectivity index (χ4v) is 9.30. The van der Waals surface area contributed by atoms with Gasteiger partial charge < -0.3 is 43.2 Å². The highest BCUT2D eigenvalue weighted by atomic mass is 16.7. The van der Waals surface area contributed by atoms with Crippen molar-refractivity contribution in [2.75, 3.05) is 27.2 Å². The maximum atomic E-state index is 14.7. The Labute approximate surface area is 341 Å². The van der Waals surface area contributed by atoms with Crippen LogP contribution in [-0.2, 0) is 44.6 Å². The van der Waals surface area contributed by atoms with Gasteiger partial charge in [-0.05, 0) is 83.8 Å². The summed E-state index contributed by atoms with van der Waals surface area (Å²) >= 11 is 0. The van der Waals surface area contributed by atoms with E-state index in [-0.39, 0.29) is 37.3 Å². The maximum absolute atomic E-state index is 14.7. The molecule has 0 spiro atoms. The molecule has 3 aliphatic rings. The van der Waals surface area contributed by atoms with Crippen LogP contribution in [0.2, 0.25) is 0 Å².